The van der Waals surface area contributed by atoms with E-state index in [1.54, 1.807) is 4.31 Å². The van der Waals surface area contributed by atoms with Crippen molar-refractivity contribution in [2.45, 2.75) is 76.9 Å². The minimum absolute atomic E-state index is 0.132. The molecule has 3 aliphatic rings. The van der Waals surface area contributed by atoms with Crippen LogP contribution in [-0.4, -0.2) is 45.7 Å². The Hall–Kier alpha value is -0.920. The van der Waals surface area contributed by atoms with Gasteiger partial charge in [0.2, 0.25) is 10.0 Å². The van der Waals surface area contributed by atoms with E-state index in [0.717, 1.165) is 43.9 Å². The lowest BCUT2D eigenvalue weighted by molar-refractivity contribution is 0.216. The first-order valence-corrected chi connectivity index (χ1v) is 10.8. The fourth-order valence-corrected chi connectivity index (χ4v) is 5.71. The number of rotatable bonds is 5. The van der Waals surface area contributed by atoms with Crippen molar-refractivity contribution in [1.29, 1.82) is 0 Å². The first kappa shape index (κ1) is 16.5. The van der Waals surface area contributed by atoms with E-state index in [0.29, 0.717) is 13.1 Å². The van der Waals surface area contributed by atoms with Gasteiger partial charge in [-0.3, -0.25) is 9.58 Å². The van der Waals surface area contributed by atoms with Crippen LogP contribution >= 0.6 is 0 Å². The maximum atomic E-state index is 12.6. The van der Waals surface area contributed by atoms with Gasteiger partial charge in [-0.2, -0.15) is 9.40 Å². The van der Waals surface area contributed by atoms with E-state index in [-0.39, 0.29) is 11.3 Å². The second-order valence-corrected chi connectivity index (χ2v) is 9.97. The van der Waals surface area contributed by atoms with Crippen molar-refractivity contribution in [3.05, 3.63) is 17.0 Å². The molecule has 1 saturated heterocycles. The first-order valence-electron chi connectivity index (χ1n) is 9.27. The number of sulfonamides is 1. The highest BCUT2D eigenvalue weighted by molar-refractivity contribution is 7.90. The number of likely N-dealkylation sites (tertiary alicyclic amines) is 1. The van der Waals surface area contributed by atoms with Gasteiger partial charge >= 0.3 is 0 Å². The molecular formula is C17H28N4O2S. The Labute approximate surface area is 144 Å². The van der Waals surface area contributed by atoms with Gasteiger partial charge in [-0.25, -0.2) is 8.42 Å². The van der Waals surface area contributed by atoms with Crippen molar-refractivity contribution < 1.29 is 8.42 Å². The van der Waals surface area contributed by atoms with Crippen LogP contribution < -0.4 is 0 Å². The summed E-state index contributed by atoms with van der Waals surface area (Å²) < 4.78 is 29.0. The standard InChI is InChI=1S/C17H28N4O2S/c1-13(2)21-17-12-20(24(22,23)14-6-7-14)10-15(17)16(18-21)11-19-8-4-3-5-9-19/h13-14H,3-12H2,1-2H3. The Bertz CT molecular complexity index is 715. The van der Waals surface area contributed by atoms with Gasteiger partial charge in [-0.05, 0) is 52.6 Å². The van der Waals surface area contributed by atoms with Gasteiger partial charge in [0, 0.05) is 24.7 Å². The average molecular weight is 353 g/mol. The second-order valence-electron chi connectivity index (χ2n) is 7.76. The van der Waals surface area contributed by atoms with Crippen molar-refractivity contribution in [2.24, 2.45) is 0 Å². The van der Waals surface area contributed by atoms with Gasteiger partial charge < -0.3 is 0 Å². The van der Waals surface area contributed by atoms with Crippen molar-refractivity contribution >= 4 is 10.0 Å². The fourth-order valence-electron chi connectivity index (χ4n) is 3.95. The molecular weight excluding hydrogens is 324 g/mol. The lowest BCUT2D eigenvalue weighted by Gasteiger charge is -2.26. The van der Waals surface area contributed by atoms with Crippen LogP contribution in [0.3, 0.4) is 0 Å². The summed E-state index contributed by atoms with van der Waals surface area (Å²) >= 11 is 0. The van der Waals surface area contributed by atoms with Gasteiger partial charge in [-0.15, -0.1) is 0 Å². The van der Waals surface area contributed by atoms with Crippen molar-refractivity contribution in [1.82, 2.24) is 19.0 Å². The second kappa shape index (κ2) is 6.11. The van der Waals surface area contributed by atoms with Gasteiger partial charge in [-0.1, -0.05) is 6.42 Å². The minimum atomic E-state index is -3.12. The normalized spacial score (nSPS) is 23.1. The molecule has 1 saturated carbocycles. The average Bonchev–Trinajstić information content (AvgIpc) is 3.23. The third kappa shape index (κ3) is 2.91. The van der Waals surface area contributed by atoms with Crippen LogP contribution in [0, 0.1) is 0 Å². The molecule has 24 heavy (non-hydrogen) atoms. The predicted octanol–water partition coefficient (Wildman–Crippen LogP) is 2.26. The van der Waals surface area contributed by atoms with Crippen LogP contribution in [0.15, 0.2) is 0 Å². The van der Waals surface area contributed by atoms with Crippen LogP contribution in [0.25, 0.3) is 0 Å². The van der Waals surface area contributed by atoms with Crippen LogP contribution in [-0.2, 0) is 29.7 Å². The summed E-state index contributed by atoms with van der Waals surface area (Å²) in [6, 6.07) is 0.262. The Morgan fingerprint density at radius 1 is 1.12 bits per heavy atom. The lowest BCUT2D eigenvalue weighted by atomic mass is 10.1. The minimum Gasteiger partial charge on any atom is -0.297 e. The molecule has 7 heteroatoms. The molecule has 134 valence electrons. The Balaban J connectivity index is 1.60. The lowest BCUT2D eigenvalue weighted by Crippen LogP contribution is -2.31. The highest BCUT2D eigenvalue weighted by Crippen LogP contribution is 2.37. The van der Waals surface area contributed by atoms with Gasteiger partial charge in [0.15, 0.2) is 0 Å². The number of hydrogen-bond acceptors (Lipinski definition) is 4. The van der Waals surface area contributed by atoms with Gasteiger partial charge in [0.05, 0.1) is 23.2 Å². The summed E-state index contributed by atoms with van der Waals surface area (Å²) in [4.78, 5) is 2.47. The van der Waals surface area contributed by atoms with Crippen LogP contribution in [0.1, 0.15) is 68.9 Å². The highest BCUT2D eigenvalue weighted by atomic mass is 32.2. The molecule has 3 heterocycles. The molecule has 4 rings (SSSR count). The maximum Gasteiger partial charge on any atom is 0.217 e. The van der Waals surface area contributed by atoms with E-state index >= 15 is 0 Å². The van der Waals surface area contributed by atoms with E-state index in [2.05, 4.69) is 23.4 Å². The van der Waals surface area contributed by atoms with Crippen molar-refractivity contribution in [3.63, 3.8) is 0 Å². The van der Waals surface area contributed by atoms with E-state index in [1.165, 1.54) is 24.8 Å². The van der Waals surface area contributed by atoms with E-state index in [1.807, 2.05) is 0 Å². The van der Waals surface area contributed by atoms with Gasteiger partial charge in [0.25, 0.3) is 0 Å². The molecule has 0 spiro atoms. The molecule has 1 aromatic rings. The van der Waals surface area contributed by atoms with Crippen molar-refractivity contribution in [3.8, 4) is 0 Å². The van der Waals surface area contributed by atoms with E-state index < -0.39 is 10.0 Å². The molecule has 6 nitrogen and oxygen atoms in total. The monoisotopic (exact) mass is 352 g/mol. The highest BCUT2D eigenvalue weighted by Gasteiger charge is 2.43. The molecule has 0 N–H and O–H groups in total. The number of aromatic nitrogens is 2. The quantitative estimate of drug-likeness (QED) is 0.816. The Kier molecular flexibility index (Phi) is 4.21. The molecule has 2 aliphatic heterocycles. The summed E-state index contributed by atoms with van der Waals surface area (Å²) in [6.45, 7) is 8.38. The number of fused-ring (bicyclic) bond motifs is 1. The van der Waals surface area contributed by atoms with Crippen LogP contribution in [0.4, 0.5) is 0 Å². The molecule has 0 atom stereocenters. The van der Waals surface area contributed by atoms with Gasteiger partial charge in [0.1, 0.15) is 0 Å². The largest absolute Gasteiger partial charge is 0.297 e. The number of hydrogen-bond donors (Lipinski definition) is 0. The fraction of sp³-hybridized carbons (Fsp3) is 0.824. The first-order chi connectivity index (χ1) is 11.5. The molecule has 0 radical (unpaired) electrons. The molecule has 0 amide bonds. The maximum absolute atomic E-state index is 12.6. The summed E-state index contributed by atoms with van der Waals surface area (Å²) in [5.74, 6) is 0. The molecule has 2 fully saturated rings. The smallest absolute Gasteiger partial charge is 0.217 e. The SMILES string of the molecule is CC(C)n1nc(CN2CCCCC2)c2c1CN(S(=O)(=O)C1CC1)C2. The van der Waals surface area contributed by atoms with E-state index in [4.69, 9.17) is 5.10 Å². The summed E-state index contributed by atoms with van der Waals surface area (Å²) in [5.41, 5.74) is 3.37. The zero-order valence-electron chi connectivity index (χ0n) is 14.7. The summed E-state index contributed by atoms with van der Waals surface area (Å²) in [7, 11) is -3.12. The topological polar surface area (TPSA) is 58.4 Å². The van der Waals surface area contributed by atoms with Crippen LogP contribution in [0.5, 0.6) is 0 Å². The zero-order valence-corrected chi connectivity index (χ0v) is 15.6. The van der Waals surface area contributed by atoms with Crippen LogP contribution in [0.2, 0.25) is 0 Å². The Morgan fingerprint density at radius 3 is 2.46 bits per heavy atom. The third-order valence-electron chi connectivity index (χ3n) is 5.48. The van der Waals surface area contributed by atoms with E-state index in [9.17, 15) is 8.42 Å². The number of piperidine rings is 1. The molecule has 0 unspecified atom stereocenters. The van der Waals surface area contributed by atoms with Crippen molar-refractivity contribution in [2.75, 3.05) is 13.1 Å². The third-order valence-corrected chi connectivity index (χ3v) is 7.77. The molecule has 0 aromatic carbocycles. The number of nitrogens with zero attached hydrogens (tertiary/aromatic N) is 4. The molecule has 1 aliphatic carbocycles. The zero-order chi connectivity index (χ0) is 16.9. The summed E-state index contributed by atoms with van der Waals surface area (Å²) in [6.07, 6.45) is 5.49. The molecule has 0 bridgehead atoms. The molecule has 1 aromatic heterocycles. The predicted molar refractivity (Wildman–Crippen MR) is 92.9 cm³/mol. The summed E-state index contributed by atoms with van der Waals surface area (Å²) in [5, 5.41) is 4.72. The Morgan fingerprint density at radius 2 is 1.83 bits per heavy atom.